The molecule has 0 unspecified atom stereocenters. The number of carbonyl (C=O) groups is 1. The minimum absolute atomic E-state index is 0.114. The fourth-order valence-corrected chi connectivity index (χ4v) is 2.16. The van der Waals surface area contributed by atoms with Crippen LogP contribution in [-0.4, -0.2) is 35.9 Å². The van der Waals surface area contributed by atoms with Gasteiger partial charge in [0.25, 0.3) is 5.91 Å². The molecule has 1 aromatic rings. The fraction of sp³-hybridized carbons (Fsp3) is 0.538. The van der Waals surface area contributed by atoms with Crippen molar-refractivity contribution in [2.24, 2.45) is 5.92 Å². The van der Waals surface area contributed by atoms with Gasteiger partial charge in [0, 0.05) is 26.3 Å². The Bertz CT molecular complexity index is 397. The van der Waals surface area contributed by atoms with Gasteiger partial charge in [-0.2, -0.15) is 0 Å². The summed E-state index contributed by atoms with van der Waals surface area (Å²) in [6.07, 6.45) is 5.57. The Morgan fingerprint density at radius 3 is 2.82 bits per heavy atom. The van der Waals surface area contributed by atoms with Gasteiger partial charge in [0.1, 0.15) is 0 Å². The average Bonchev–Trinajstić information content (AvgIpc) is 2.39. The number of hydrogen-bond acceptors (Lipinski definition) is 3. The van der Waals surface area contributed by atoms with Gasteiger partial charge >= 0.3 is 0 Å². The van der Waals surface area contributed by atoms with Crippen molar-refractivity contribution >= 4 is 11.6 Å². The number of aromatic nitrogens is 1. The standard InChI is InChI=1S/C13H19N3O/c1-10-4-7-16(8-5-10)13(17)11-3-6-15-9-12(11)14-2/h3,6,9-10,14H,4-5,7-8H2,1-2H3. The zero-order valence-corrected chi connectivity index (χ0v) is 10.4. The van der Waals surface area contributed by atoms with E-state index >= 15 is 0 Å². The Balaban J connectivity index is 2.14. The maximum atomic E-state index is 12.3. The highest BCUT2D eigenvalue weighted by atomic mass is 16.2. The SMILES string of the molecule is CNc1cnccc1C(=O)N1CCC(C)CC1. The second-order valence-electron chi connectivity index (χ2n) is 4.65. The first kappa shape index (κ1) is 11.9. The number of nitrogens with zero attached hydrogens (tertiary/aromatic N) is 2. The van der Waals surface area contributed by atoms with Gasteiger partial charge < -0.3 is 10.2 Å². The number of amides is 1. The van der Waals surface area contributed by atoms with Crippen molar-refractivity contribution in [2.45, 2.75) is 19.8 Å². The number of piperidine rings is 1. The van der Waals surface area contributed by atoms with E-state index in [1.165, 1.54) is 0 Å². The number of anilines is 1. The lowest BCUT2D eigenvalue weighted by molar-refractivity contribution is 0.0698. The summed E-state index contributed by atoms with van der Waals surface area (Å²) < 4.78 is 0. The van der Waals surface area contributed by atoms with E-state index < -0.39 is 0 Å². The normalized spacial score (nSPS) is 16.9. The average molecular weight is 233 g/mol. The lowest BCUT2D eigenvalue weighted by Crippen LogP contribution is -2.38. The van der Waals surface area contributed by atoms with Crippen LogP contribution in [-0.2, 0) is 0 Å². The Hall–Kier alpha value is -1.58. The molecule has 2 heterocycles. The lowest BCUT2D eigenvalue weighted by Gasteiger charge is -2.30. The highest BCUT2D eigenvalue weighted by Crippen LogP contribution is 2.21. The first-order chi connectivity index (χ1) is 8.22. The zero-order valence-electron chi connectivity index (χ0n) is 10.4. The van der Waals surface area contributed by atoms with Crippen molar-refractivity contribution in [3.8, 4) is 0 Å². The maximum Gasteiger partial charge on any atom is 0.256 e. The molecule has 0 aliphatic carbocycles. The summed E-state index contributed by atoms with van der Waals surface area (Å²) in [5.41, 5.74) is 1.52. The van der Waals surface area contributed by atoms with E-state index in [1.807, 2.05) is 11.9 Å². The van der Waals surface area contributed by atoms with Gasteiger partial charge in [-0.1, -0.05) is 6.92 Å². The Labute approximate surface area is 102 Å². The second kappa shape index (κ2) is 5.17. The van der Waals surface area contributed by atoms with Crippen LogP contribution in [0.25, 0.3) is 0 Å². The van der Waals surface area contributed by atoms with E-state index in [1.54, 1.807) is 18.5 Å². The summed E-state index contributed by atoms with van der Waals surface area (Å²) >= 11 is 0. The third-order valence-corrected chi connectivity index (χ3v) is 3.39. The van der Waals surface area contributed by atoms with Crippen LogP contribution in [0.5, 0.6) is 0 Å². The van der Waals surface area contributed by atoms with Crippen molar-refractivity contribution in [3.63, 3.8) is 0 Å². The first-order valence-electron chi connectivity index (χ1n) is 6.13. The smallest absolute Gasteiger partial charge is 0.256 e. The molecule has 92 valence electrons. The van der Waals surface area contributed by atoms with E-state index in [-0.39, 0.29) is 5.91 Å². The minimum Gasteiger partial charge on any atom is -0.386 e. The van der Waals surface area contributed by atoms with Crippen LogP contribution in [0.1, 0.15) is 30.1 Å². The molecule has 0 aromatic carbocycles. The molecule has 1 aliphatic rings. The van der Waals surface area contributed by atoms with E-state index in [2.05, 4.69) is 17.2 Å². The van der Waals surface area contributed by atoms with E-state index in [4.69, 9.17) is 0 Å². The topological polar surface area (TPSA) is 45.2 Å². The van der Waals surface area contributed by atoms with Gasteiger partial charge in [-0.25, -0.2) is 0 Å². The molecule has 17 heavy (non-hydrogen) atoms. The number of hydrogen-bond donors (Lipinski definition) is 1. The summed E-state index contributed by atoms with van der Waals surface area (Å²) in [4.78, 5) is 18.3. The van der Waals surface area contributed by atoms with Gasteiger partial charge in [0.05, 0.1) is 17.4 Å². The molecule has 1 N–H and O–H groups in total. The number of likely N-dealkylation sites (tertiary alicyclic amines) is 1. The van der Waals surface area contributed by atoms with Crippen molar-refractivity contribution < 1.29 is 4.79 Å². The predicted octanol–water partition coefficient (Wildman–Crippen LogP) is 2.00. The van der Waals surface area contributed by atoms with Gasteiger partial charge in [-0.05, 0) is 24.8 Å². The van der Waals surface area contributed by atoms with Gasteiger partial charge in [-0.3, -0.25) is 9.78 Å². The molecule has 2 rings (SSSR count). The molecule has 4 heteroatoms. The molecule has 0 spiro atoms. The molecule has 1 aromatic heterocycles. The number of pyridine rings is 1. The molecule has 4 nitrogen and oxygen atoms in total. The highest BCUT2D eigenvalue weighted by Gasteiger charge is 2.22. The Morgan fingerprint density at radius 2 is 2.18 bits per heavy atom. The third-order valence-electron chi connectivity index (χ3n) is 3.39. The molecule has 1 aliphatic heterocycles. The largest absolute Gasteiger partial charge is 0.386 e. The van der Waals surface area contributed by atoms with Gasteiger partial charge in [0.2, 0.25) is 0 Å². The molecule has 0 radical (unpaired) electrons. The van der Waals surface area contributed by atoms with Gasteiger partial charge in [0.15, 0.2) is 0 Å². The number of carbonyl (C=O) groups excluding carboxylic acids is 1. The van der Waals surface area contributed by atoms with Crippen LogP contribution in [0.4, 0.5) is 5.69 Å². The van der Waals surface area contributed by atoms with Crippen LogP contribution in [0, 0.1) is 5.92 Å². The highest BCUT2D eigenvalue weighted by molar-refractivity contribution is 5.99. The molecule has 1 amide bonds. The number of rotatable bonds is 2. The molecule has 0 atom stereocenters. The van der Waals surface area contributed by atoms with Crippen LogP contribution in [0.15, 0.2) is 18.5 Å². The quantitative estimate of drug-likeness (QED) is 0.849. The van der Waals surface area contributed by atoms with Crippen molar-refractivity contribution in [2.75, 3.05) is 25.5 Å². The molecular weight excluding hydrogens is 214 g/mol. The molecular formula is C13H19N3O. The summed E-state index contributed by atoms with van der Waals surface area (Å²) in [5, 5.41) is 3.01. The molecule has 1 saturated heterocycles. The van der Waals surface area contributed by atoms with E-state index in [0.717, 1.165) is 43.1 Å². The Kier molecular flexibility index (Phi) is 3.61. The molecule has 0 saturated carbocycles. The van der Waals surface area contributed by atoms with Gasteiger partial charge in [-0.15, -0.1) is 0 Å². The fourth-order valence-electron chi connectivity index (χ4n) is 2.16. The first-order valence-corrected chi connectivity index (χ1v) is 6.13. The Morgan fingerprint density at radius 1 is 1.47 bits per heavy atom. The maximum absolute atomic E-state index is 12.3. The van der Waals surface area contributed by atoms with Crippen LogP contribution in [0.2, 0.25) is 0 Å². The van der Waals surface area contributed by atoms with Crippen molar-refractivity contribution in [1.82, 2.24) is 9.88 Å². The number of nitrogens with one attached hydrogen (secondary N) is 1. The minimum atomic E-state index is 0.114. The lowest BCUT2D eigenvalue weighted by atomic mass is 9.98. The van der Waals surface area contributed by atoms with Crippen LogP contribution >= 0.6 is 0 Å². The van der Waals surface area contributed by atoms with Crippen molar-refractivity contribution in [1.29, 1.82) is 0 Å². The summed E-state index contributed by atoms with van der Waals surface area (Å²) in [5.74, 6) is 0.851. The summed E-state index contributed by atoms with van der Waals surface area (Å²) in [6.45, 7) is 3.98. The monoisotopic (exact) mass is 233 g/mol. The molecule has 1 fully saturated rings. The van der Waals surface area contributed by atoms with Crippen LogP contribution < -0.4 is 5.32 Å². The summed E-state index contributed by atoms with van der Waals surface area (Å²) in [7, 11) is 1.81. The third kappa shape index (κ3) is 2.57. The van der Waals surface area contributed by atoms with E-state index in [9.17, 15) is 4.79 Å². The van der Waals surface area contributed by atoms with Crippen molar-refractivity contribution in [3.05, 3.63) is 24.0 Å². The summed E-state index contributed by atoms with van der Waals surface area (Å²) in [6, 6.07) is 1.78. The van der Waals surface area contributed by atoms with Crippen LogP contribution in [0.3, 0.4) is 0 Å². The predicted molar refractivity (Wildman–Crippen MR) is 68.1 cm³/mol. The second-order valence-corrected chi connectivity index (χ2v) is 4.65. The zero-order chi connectivity index (χ0) is 12.3. The molecule has 0 bridgehead atoms. The van der Waals surface area contributed by atoms with E-state index in [0.29, 0.717) is 0 Å².